The molecule has 110 valence electrons. The fourth-order valence-corrected chi connectivity index (χ4v) is 1.82. The molecule has 4 nitrogen and oxygen atoms in total. The fourth-order valence-electron chi connectivity index (χ4n) is 1.63. The van der Waals surface area contributed by atoms with Gasteiger partial charge in [0.1, 0.15) is 17.5 Å². The Morgan fingerprint density at radius 3 is 2.68 bits per heavy atom. The van der Waals surface area contributed by atoms with Gasteiger partial charge in [-0.1, -0.05) is 29.8 Å². The summed E-state index contributed by atoms with van der Waals surface area (Å²) in [6, 6.07) is 14.1. The Morgan fingerprint density at radius 1 is 1.23 bits per heavy atom. The summed E-state index contributed by atoms with van der Waals surface area (Å²) in [6.07, 6.45) is 1.21. The van der Waals surface area contributed by atoms with E-state index in [0.717, 1.165) is 0 Å². The van der Waals surface area contributed by atoms with Crippen molar-refractivity contribution in [2.24, 2.45) is 0 Å². The van der Waals surface area contributed by atoms with Gasteiger partial charge in [-0.05, 0) is 30.3 Å². The average molecular weight is 316 g/mol. The third-order valence-corrected chi connectivity index (χ3v) is 3.02. The van der Waals surface area contributed by atoms with Gasteiger partial charge in [0.05, 0.1) is 10.7 Å². The minimum absolute atomic E-state index is 0.163. The summed E-state index contributed by atoms with van der Waals surface area (Å²) in [4.78, 5) is 12.0. The number of para-hydroxylation sites is 1. The van der Waals surface area contributed by atoms with E-state index in [1.165, 1.54) is 24.4 Å². The number of halogens is 2. The van der Waals surface area contributed by atoms with Crippen LogP contribution >= 0.6 is 11.6 Å². The molecule has 0 unspecified atom stereocenters. The van der Waals surface area contributed by atoms with Crippen molar-refractivity contribution in [2.45, 2.75) is 0 Å². The molecule has 2 aromatic carbocycles. The average Bonchev–Trinajstić information content (AvgIpc) is 2.50. The number of hydrogen-bond acceptors (Lipinski definition) is 3. The number of carbonyl (C=O) groups is 1. The predicted molar refractivity (Wildman–Crippen MR) is 83.8 cm³/mol. The minimum atomic E-state index is -0.612. The second-order valence-electron chi connectivity index (χ2n) is 4.26. The molecule has 0 aliphatic heterocycles. The predicted octanol–water partition coefficient (Wildman–Crippen LogP) is 3.94. The summed E-state index contributed by atoms with van der Waals surface area (Å²) >= 11 is 5.93. The maximum atomic E-state index is 13.0. The van der Waals surface area contributed by atoms with E-state index in [9.17, 15) is 9.18 Å². The van der Waals surface area contributed by atoms with Gasteiger partial charge in [0.15, 0.2) is 0 Å². The zero-order valence-electron chi connectivity index (χ0n) is 11.3. The first-order valence-electron chi connectivity index (χ1n) is 6.28. The Hall–Kier alpha value is -2.84. The number of benzene rings is 2. The molecule has 0 aliphatic rings. The van der Waals surface area contributed by atoms with Crippen molar-refractivity contribution >= 4 is 28.9 Å². The SMILES string of the molecule is N#C/C(=C/Nc1cccc(F)c1)C(=O)Nc1ccccc1Cl. The molecule has 0 heterocycles. The van der Waals surface area contributed by atoms with E-state index < -0.39 is 11.7 Å². The van der Waals surface area contributed by atoms with Gasteiger partial charge in [0.25, 0.3) is 5.91 Å². The first-order chi connectivity index (χ1) is 10.6. The van der Waals surface area contributed by atoms with Gasteiger partial charge in [-0.3, -0.25) is 4.79 Å². The molecule has 0 atom stereocenters. The van der Waals surface area contributed by atoms with Crippen LogP contribution in [-0.4, -0.2) is 5.91 Å². The van der Waals surface area contributed by atoms with Crippen LogP contribution in [0.3, 0.4) is 0 Å². The van der Waals surface area contributed by atoms with Crippen molar-refractivity contribution < 1.29 is 9.18 Å². The lowest BCUT2D eigenvalue weighted by Crippen LogP contribution is -2.14. The highest BCUT2D eigenvalue weighted by Gasteiger charge is 2.10. The number of nitriles is 1. The number of hydrogen-bond donors (Lipinski definition) is 2. The molecule has 2 rings (SSSR count). The Kier molecular flexibility index (Phi) is 5.12. The molecule has 0 fully saturated rings. The van der Waals surface area contributed by atoms with Gasteiger partial charge >= 0.3 is 0 Å². The molecule has 2 N–H and O–H groups in total. The fraction of sp³-hybridized carbons (Fsp3) is 0. The molecule has 1 amide bonds. The molecule has 6 heteroatoms. The van der Waals surface area contributed by atoms with Crippen molar-refractivity contribution in [1.29, 1.82) is 5.26 Å². The zero-order chi connectivity index (χ0) is 15.9. The van der Waals surface area contributed by atoms with Gasteiger partial charge in [-0.25, -0.2) is 4.39 Å². The Morgan fingerprint density at radius 2 is 2.00 bits per heavy atom. The number of anilines is 2. The van der Waals surface area contributed by atoms with E-state index in [0.29, 0.717) is 16.4 Å². The summed E-state index contributed by atoms with van der Waals surface area (Å²) < 4.78 is 13.0. The number of nitrogens with one attached hydrogen (secondary N) is 2. The van der Waals surface area contributed by atoms with Crippen molar-refractivity contribution in [3.63, 3.8) is 0 Å². The third kappa shape index (κ3) is 4.08. The number of nitrogens with zero attached hydrogens (tertiary/aromatic N) is 1. The topological polar surface area (TPSA) is 64.9 Å². The van der Waals surface area contributed by atoms with Crippen LogP contribution in [0.4, 0.5) is 15.8 Å². The molecular formula is C16H11ClFN3O. The summed E-state index contributed by atoms with van der Waals surface area (Å²) in [5.41, 5.74) is 0.670. The van der Waals surface area contributed by atoms with Crippen LogP contribution in [0.25, 0.3) is 0 Å². The van der Waals surface area contributed by atoms with Crippen LogP contribution in [0.1, 0.15) is 0 Å². The van der Waals surface area contributed by atoms with E-state index in [2.05, 4.69) is 10.6 Å². The molecule has 0 spiro atoms. The molecule has 22 heavy (non-hydrogen) atoms. The molecule has 2 aromatic rings. The van der Waals surface area contributed by atoms with Gasteiger partial charge < -0.3 is 10.6 Å². The molecular weight excluding hydrogens is 305 g/mol. The molecule has 0 radical (unpaired) electrons. The highest BCUT2D eigenvalue weighted by Crippen LogP contribution is 2.21. The van der Waals surface area contributed by atoms with Gasteiger partial charge in [0.2, 0.25) is 0 Å². The normalized spacial score (nSPS) is 10.7. The Balaban J connectivity index is 2.11. The summed E-state index contributed by atoms with van der Waals surface area (Å²) in [7, 11) is 0. The second-order valence-corrected chi connectivity index (χ2v) is 4.67. The molecule has 0 saturated carbocycles. The third-order valence-electron chi connectivity index (χ3n) is 2.69. The summed E-state index contributed by atoms with van der Waals surface area (Å²) in [5.74, 6) is -1.03. The van der Waals surface area contributed by atoms with Crippen LogP contribution in [0.2, 0.25) is 5.02 Å². The Labute approximate surface area is 131 Å². The number of amides is 1. The number of rotatable bonds is 4. The molecule has 0 bridgehead atoms. The van der Waals surface area contributed by atoms with Crippen molar-refractivity contribution in [3.05, 3.63) is 71.1 Å². The maximum Gasteiger partial charge on any atom is 0.267 e. The van der Waals surface area contributed by atoms with E-state index >= 15 is 0 Å². The van der Waals surface area contributed by atoms with Gasteiger partial charge in [-0.15, -0.1) is 0 Å². The van der Waals surface area contributed by atoms with Crippen molar-refractivity contribution in [2.75, 3.05) is 10.6 Å². The van der Waals surface area contributed by atoms with Crippen molar-refractivity contribution in [1.82, 2.24) is 0 Å². The molecule has 0 aliphatic carbocycles. The lowest BCUT2D eigenvalue weighted by atomic mass is 10.2. The van der Waals surface area contributed by atoms with E-state index in [-0.39, 0.29) is 5.57 Å². The van der Waals surface area contributed by atoms with Crippen LogP contribution < -0.4 is 10.6 Å². The number of carbonyl (C=O) groups excluding carboxylic acids is 1. The first kappa shape index (κ1) is 15.5. The second kappa shape index (κ2) is 7.25. The van der Waals surface area contributed by atoms with E-state index in [1.54, 1.807) is 36.4 Å². The quantitative estimate of drug-likeness (QED) is 0.663. The highest BCUT2D eigenvalue weighted by atomic mass is 35.5. The smallest absolute Gasteiger partial charge is 0.267 e. The van der Waals surface area contributed by atoms with Gasteiger partial charge in [-0.2, -0.15) is 5.26 Å². The molecule has 0 saturated heterocycles. The van der Waals surface area contributed by atoms with E-state index in [1.807, 2.05) is 0 Å². The standard InChI is InChI=1S/C16H11ClFN3O/c17-14-6-1-2-7-15(14)21-16(22)11(9-19)10-20-13-5-3-4-12(18)8-13/h1-8,10,20H,(H,21,22)/b11-10-. The van der Waals surface area contributed by atoms with Crippen LogP contribution in [0, 0.1) is 17.1 Å². The maximum absolute atomic E-state index is 13.0. The van der Waals surface area contributed by atoms with Crippen molar-refractivity contribution in [3.8, 4) is 6.07 Å². The largest absolute Gasteiger partial charge is 0.360 e. The van der Waals surface area contributed by atoms with Crippen LogP contribution in [0.15, 0.2) is 60.3 Å². The summed E-state index contributed by atoms with van der Waals surface area (Å²) in [5, 5.41) is 14.6. The van der Waals surface area contributed by atoms with Crippen LogP contribution in [0.5, 0.6) is 0 Å². The zero-order valence-corrected chi connectivity index (χ0v) is 12.1. The van der Waals surface area contributed by atoms with Gasteiger partial charge in [0, 0.05) is 11.9 Å². The van der Waals surface area contributed by atoms with E-state index in [4.69, 9.17) is 16.9 Å². The summed E-state index contributed by atoms with van der Waals surface area (Å²) in [6.45, 7) is 0. The monoisotopic (exact) mass is 315 g/mol. The van der Waals surface area contributed by atoms with Crippen LogP contribution in [-0.2, 0) is 4.79 Å². The Bertz CT molecular complexity index is 768. The lowest BCUT2D eigenvalue weighted by molar-refractivity contribution is -0.112. The molecule has 0 aromatic heterocycles. The highest BCUT2D eigenvalue weighted by molar-refractivity contribution is 6.33. The first-order valence-corrected chi connectivity index (χ1v) is 6.66. The minimum Gasteiger partial charge on any atom is -0.360 e. The lowest BCUT2D eigenvalue weighted by Gasteiger charge is -2.06.